The van der Waals surface area contributed by atoms with E-state index in [1.54, 1.807) is 29.9 Å². The first-order valence-corrected chi connectivity index (χ1v) is 4.78. The summed E-state index contributed by atoms with van der Waals surface area (Å²) in [6.07, 6.45) is 3.67. The molecule has 2 heterocycles. The third-order valence-corrected chi connectivity index (χ3v) is 2.23. The molecule has 0 aliphatic carbocycles. The fraction of sp³-hybridized carbons (Fsp3) is 0.182. The van der Waals surface area contributed by atoms with E-state index in [0.29, 0.717) is 0 Å². The van der Waals surface area contributed by atoms with Crippen LogP contribution in [0.4, 0.5) is 5.69 Å². The van der Waals surface area contributed by atoms with Crippen LogP contribution in [0.1, 0.15) is 5.69 Å². The zero-order valence-electron chi connectivity index (χ0n) is 8.53. The van der Waals surface area contributed by atoms with Gasteiger partial charge in [-0.15, -0.1) is 0 Å². The minimum absolute atomic E-state index is 0.000392. The molecule has 2 aromatic rings. The first kappa shape index (κ1) is 9.58. The topological polar surface area (TPSA) is 49.8 Å². The van der Waals surface area contributed by atoms with E-state index in [-0.39, 0.29) is 5.56 Å². The molecule has 0 spiro atoms. The number of hydrogen-bond donors (Lipinski definition) is 2. The predicted octanol–water partition coefficient (Wildman–Crippen LogP) is 1.33. The molecule has 15 heavy (non-hydrogen) atoms. The van der Waals surface area contributed by atoms with Crippen molar-refractivity contribution in [2.75, 3.05) is 5.32 Å². The number of pyridine rings is 1. The zero-order valence-corrected chi connectivity index (χ0v) is 8.53. The van der Waals surface area contributed by atoms with Gasteiger partial charge in [-0.1, -0.05) is 0 Å². The summed E-state index contributed by atoms with van der Waals surface area (Å²) in [5, 5.41) is 3.22. The second kappa shape index (κ2) is 4.04. The fourth-order valence-electron chi connectivity index (χ4n) is 1.37. The lowest BCUT2D eigenvalue weighted by atomic mass is 10.3. The number of H-pyrrole nitrogens is 1. The van der Waals surface area contributed by atoms with Gasteiger partial charge in [0.1, 0.15) is 0 Å². The van der Waals surface area contributed by atoms with E-state index < -0.39 is 0 Å². The van der Waals surface area contributed by atoms with Crippen molar-refractivity contribution < 1.29 is 0 Å². The summed E-state index contributed by atoms with van der Waals surface area (Å²) in [5.74, 6) is 0. The maximum Gasteiger partial charge on any atom is 0.250 e. The lowest BCUT2D eigenvalue weighted by Gasteiger charge is -2.06. The molecule has 0 saturated carbocycles. The molecule has 0 aromatic carbocycles. The molecule has 78 valence electrons. The Hall–Kier alpha value is -1.97. The van der Waals surface area contributed by atoms with E-state index >= 15 is 0 Å². The molecule has 0 aliphatic rings. The third-order valence-electron chi connectivity index (χ3n) is 2.23. The van der Waals surface area contributed by atoms with Gasteiger partial charge in [0.25, 0.3) is 0 Å². The summed E-state index contributed by atoms with van der Waals surface area (Å²) >= 11 is 0. The number of aromatic nitrogens is 2. The van der Waals surface area contributed by atoms with E-state index in [0.717, 1.165) is 17.9 Å². The van der Waals surface area contributed by atoms with Crippen molar-refractivity contribution in [1.29, 1.82) is 0 Å². The standard InChI is InChI=1S/C11H13N3O/c1-14-8-10(4-5-11(14)15)13-7-9-3-2-6-12-9/h2-6,8,12-13H,7H2,1H3. The van der Waals surface area contributed by atoms with Gasteiger partial charge in [-0.3, -0.25) is 4.79 Å². The van der Waals surface area contributed by atoms with Crippen LogP contribution in [-0.4, -0.2) is 9.55 Å². The smallest absolute Gasteiger partial charge is 0.250 e. The van der Waals surface area contributed by atoms with Gasteiger partial charge in [0.05, 0.1) is 12.2 Å². The van der Waals surface area contributed by atoms with Gasteiger partial charge >= 0.3 is 0 Å². The first-order valence-electron chi connectivity index (χ1n) is 4.78. The van der Waals surface area contributed by atoms with Crippen LogP contribution in [0.25, 0.3) is 0 Å². The molecule has 0 unspecified atom stereocenters. The second-order valence-corrected chi connectivity index (χ2v) is 3.42. The summed E-state index contributed by atoms with van der Waals surface area (Å²) in [6.45, 7) is 0.727. The van der Waals surface area contributed by atoms with Crippen LogP contribution in [0, 0.1) is 0 Å². The Balaban J connectivity index is 2.05. The lowest BCUT2D eigenvalue weighted by molar-refractivity contribution is 0.859. The third kappa shape index (κ3) is 2.28. The van der Waals surface area contributed by atoms with Crippen LogP contribution in [0.15, 0.2) is 41.5 Å². The molecule has 0 atom stereocenters. The van der Waals surface area contributed by atoms with Crippen molar-refractivity contribution in [2.45, 2.75) is 6.54 Å². The molecule has 0 fully saturated rings. The van der Waals surface area contributed by atoms with E-state index in [9.17, 15) is 4.79 Å². The summed E-state index contributed by atoms with van der Waals surface area (Å²) in [4.78, 5) is 14.2. The maximum absolute atomic E-state index is 11.1. The molecule has 0 amide bonds. The van der Waals surface area contributed by atoms with Crippen LogP contribution in [0.5, 0.6) is 0 Å². The first-order chi connectivity index (χ1) is 7.25. The zero-order chi connectivity index (χ0) is 10.7. The van der Waals surface area contributed by atoms with Gasteiger partial charge < -0.3 is 14.9 Å². The minimum atomic E-state index is 0.000392. The highest BCUT2D eigenvalue weighted by molar-refractivity contribution is 5.40. The molecular formula is C11H13N3O. The number of anilines is 1. The summed E-state index contributed by atoms with van der Waals surface area (Å²) in [5.41, 5.74) is 2.05. The van der Waals surface area contributed by atoms with Crippen molar-refractivity contribution >= 4 is 5.69 Å². The van der Waals surface area contributed by atoms with E-state index in [4.69, 9.17) is 0 Å². The van der Waals surface area contributed by atoms with Gasteiger partial charge in [0, 0.05) is 31.2 Å². The molecule has 2 aromatic heterocycles. The van der Waals surface area contributed by atoms with Crippen LogP contribution >= 0.6 is 0 Å². The Kier molecular flexibility index (Phi) is 2.58. The van der Waals surface area contributed by atoms with E-state index in [1.165, 1.54) is 0 Å². The average molecular weight is 203 g/mol. The molecule has 0 aliphatic heterocycles. The molecule has 2 N–H and O–H groups in total. The molecule has 2 rings (SSSR count). The van der Waals surface area contributed by atoms with Gasteiger partial charge in [-0.25, -0.2) is 0 Å². The number of aryl methyl sites for hydroxylation is 1. The van der Waals surface area contributed by atoms with Crippen LogP contribution < -0.4 is 10.9 Å². The number of nitrogens with one attached hydrogen (secondary N) is 2. The van der Waals surface area contributed by atoms with E-state index in [1.807, 2.05) is 18.3 Å². The highest BCUT2D eigenvalue weighted by atomic mass is 16.1. The highest BCUT2D eigenvalue weighted by Crippen LogP contribution is 2.04. The predicted molar refractivity (Wildman–Crippen MR) is 59.8 cm³/mol. The number of aromatic amines is 1. The van der Waals surface area contributed by atoms with Crippen molar-refractivity contribution in [3.8, 4) is 0 Å². The maximum atomic E-state index is 11.1. The summed E-state index contributed by atoms with van der Waals surface area (Å²) in [6, 6.07) is 7.30. The highest BCUT2D eigenvalue weighted by Gasteiger charge is 1.95. The molecule has 0 saturated heterocycles. The van der Waals surface area contributed by atoms with E-state index in [2.05, 4.69) is 10.3 Å². The Morgan fingerprint density at radius 1 is 1.40 bits per heavy atom. The quantitative estimate of drug-likeness (QED) is 0.790. The Bertz CT molecular complexity index is 485. The summed E-state index contributed by atoms with van der Waals surface area (Å²) < 4.78 is 1.55. The molecule has 0 radical (unpaired) electrons. The Morgan fingerprint density at radius 3 is 2.93 bits per heavy atom. The molecular weight excluding hydrogens is 190 g/mol. The van der Waals surface area contributed by atoms with Gasteiger partial charge in [-0.05, 0) is 18.2 Å². The normalized spacial score (nSPS) is 10.2. The second-order valence-electron chi connectivity index (χ2n) is 3.42. The molecule has 4 nitrogen and oxygen atoms in total. The van der Waals surface area contributed by atoms with Crippen molar-refractivity contribution in [3.63, 3.8) is 0 Å². The Labute approximate surface area is 87.6 Å². The lowest BCUT2D eigenvalue weighted by Crippen LogP contribution is -2.15. The van der Waals surface area contributed by atoms with Gasteiger partial charge in [-0.2, -0.15) is 0 Å². The average Bonchev–Trinajstić information content (AvgIpc) is 2.73. The van der Waals surface area contributed by atoms with Crippen LogP contribution in [0.2, 0.25) is 0 Å². The minimum Gasteiger partial charge on any atom is -0.378 e. The monoisotopic (exact) mass is 203 g/mol. The van der Waals surface area contributed by atoms with Crippen molar-refractivity contribution in [2.24, 2.45) is 7.05 Å². The van der Waals surface area contributed by atoms with Crippen LogP contribution in [-0.2, 0) is 13.6 Å². The molecule has 0 bridgehead atoms. The van der Waals surface area contributed by atoms with Crippen molar-refractivity contribution in [1.82, 2.24) is 9.55 Å². The number of rotatable bonds is 3. The Morgan fingerprint density at radius 2 is 2.27 bits per heavy atom. The molecule has 4 heteroatoms. The summed E-state index contributed by atoms with van der Waals surface area (Å²) in [7, 11) is 1.74. The number of hydrogen-bond acceptors (Lipinski definition) is 2. The fourth-order valence-corrected chi connectivity index (χ4v) is 1.37. The number of nitrogens with zero attached hydrogens (tertiary/aromatic N) is 1. The van der Waals surface area contributed by atoms with Gasteiger partial charge in [0.2, 0.25) is 5.56 Å². The van der Waals surface area contributed by atoms with Gasteiger partial charge in [0.15, 0.2) is 0 Å². The van der Waals surface area contributed by atoms with Crippen molar-refractivity contribution in [3.05, 3.63) is 52.7 Å². The largest absolute Gasteiger partial charge is 0.378 e. The van der Waals surface area contributed by atoms with Crippen LogP contribution in [0.3, 0.4) is 0 Å². The SMILES string of the molecule is Cn1cc(NCc2ccc[nH]2)ccc1=O.